The molecule has 0 spiro atoms. The third-order valence-corrected chi connectivity index (χ3v) is 7.04. The number of carbonyl (C=O) groups excluding carboxylic acids is 3. The van der Waals surface area contributed by atoms with Crippen molar-refractivity contribution in [3.05, 3.63) is 0 Å². The monoisotopic (exact) mass is 401 g/mol. The first-order valence-corrected chi connectivity index (χ1v) is 11.3. The smallest absolute Gasteiger partial charge is 0.211 e. The zero-order valence-electron chi connectivity index (χ0n) is 17.9. The lowest BCUT2D eigenvalue weighted by Gasteiger charge is -2.41. The molecule has 0 aromatic carbocycles. The molecule has 0 aromatic heterocycles. The first-order chi connectivity index (χ1) is 14.0. The van der Waals surface area contributed by atoms with E-state index in [1.807, 2.05) is 6.92 Å². The van der Waals surface area contributed by atoms with Crippen LogP contribution < -0.4 is 0 Å². The largest absolute Gasteiger partial charge is 0.235 e. The minimum atomic E-state index is -0.322. The third kappa shape index (κ3) is 7.16. The molecule has 6 nitrogen and oxygen atoms in total. The summed E-state index contributed by atoms with van der Waals surface area (Å²) in [4.78, 5) is 43.6. The van der Waals surface area contributed by atoms with Crippen LogP contribution in [0.2, 0.25) is 0 Å². The van der Waals surface area contributed by atoms with Crippen LogP contribution in [-0.2, 0) is 14.4 Å². The minimum absolute atomic E-state index is 0.0694. The van der Waals surface area contributed by atoms with Crippen molar-refractivity contribution in [2.45, 2.75) is 126 Å². The molecule has 0 amide bonds. The first kappa shape index (κ1) is 23.4. The summed E-state index contributed by atoms with van der Waals surface area (Å²) in [6.45, 7) is 2.04. The minimum Gasteiger partial charge on any atom is -0.211 e. The van der Waals surface area contributed by atoms with Crippen LogP contribution >= 0.6 is 0 Å². The van der Waals surface area contributed by atoms with E-state index in [1.54, 1.807) is 18.2 Å². The lowest BCUT2D eigenvalue weighted by Crippen LogP contribution is -2.41. The summed E-state index contributed by atoms with van der Waals surface area (Å²) in [5, 5.41) is 0. The van der Waals surface area contributed by atoms with Crippen LogP contribution in [0.3, 0.4) is 0 Å². The molecule has 0 aliphatic heterocycles. The summed E-state index contributed by atoms with van der Waals surface area (Å²) in [6, 6.07) is 0. The summed E-state index contributed by atoms with van der Waals surface area (Å²) in [7, 11) is 0. The molecule has 3 aliphatic carbocycles. The maximum absolute atomic E-state index is 10.8. The Labute approximate surface area is 174 Å². The second-order valence-corrected chi connectivity index (χ2v) is 9.41. The zero-order chi connectivity index (χ0) is 21.1. The van der Waals surface area contributed by atoms with Gasteiger partial charge in [0.15, 0.2) is 0 Å². The molecule has 3 aliphatic rings. The highest BCUT2D eigenvalue weighted by molar-refractivity contribution is 5.37. The van der Waals surface area contributed by atoms with E-state index in [4.69, 9.17) is 0 Å². The van der Waals surface area contributed by atoms with Crippen molar-refractivity contribution in [3.63, 3.8) is 0 Å². The molecule has 0 unspecified atom stereocenters. The van der Waals surface area contributed by atoms with Gasteiger partial charge in [-0.05, 0) is 51.9 Å². The molecule has 0 atom stereocenters. The molecular formula is C23H35N3O3. The van der Waals surface area contributed by atoms with E-state index in [-0.39, 0.29) is 16.6 Å². The Bertz CT molecular complexity index is 615. The molecule has 3 rings (SSSR count). The normalized spacial score (nSPS) is 24.3. The predicted octanol–water partition coefficient (Wildman–Crippen LogP) is 5.50. The van der Waals surface area contributed by atoms with Crippen LogP contribution in [0, 0.1) is 0 Å². The molecule has 6 heteroatoms. The summed E-state index contributed by atoms with van der Waals surface area (Å²) in [6.07, 6.45) is 22.3. The van der Waals surface area contributed by atoms with Crippen molar-refractivity contribution in [2.75, 3.05) is 0 Å². The Morgan fingerprint density at radius 3 is 1.24 bits per heavy atom. The molecule has 0 heterocycles. The number of hydrogen-bond donors (Lipinski definition) is 0. The van der Waals surface area contributed by atoms with Crippen LogP contribution in [0.4, 0.5) is 0 Å². The lowest BCUT2D eigenvalue weighted by molar-refractivity contribution is 0.181. The SMILES string of the molecule is CC1(N=C=O)CCCCC1.O=C=NC1(CC2(N=C=O)CCCCC2)CCCCC1. The van der Waals surface area contributed by atoms with Gasteiger partial charge >= 0.3 is 0 Å². The van der Waals surface area contributed by atoms with E-state index in [2.05, 4.69) is 15.0 Å². The summed E-state index contributed by atoms with van der Waals surface area (Å²) < 4.78 is 0. The van der Waals surface area contributed by atoms with Gasteiger partial charge in [-0.2, -0.15) is 15.0 Å². The highest BCUT2D eigenvalue weighted by Gasteiger charge is 2.43. The molecule has 0 N–H and O–H groups in total. The lowest BCUT2D eigenvalue weighted by atomic mass is 9.69. The van der Waals surface area contributed by atoms with Gasteiger partial charge in [-0.1, -0.05) is 57.8 Å². The van der Waals surface area contributed by atoms with Crippen LogP contribution in [-0.4, -0.2) is 34.9 Å². The van der Waals surface area contributed by atoms with Crippen molar-refractivity contribution in [1.29, 1.82) is 0 Å². The maximum Gasteiger partial charge on any atom is 0.235 e. The Hall–Kier alpha value is -1.86. The average Bonchev–Trinajstić information content (AvgIpc) is 2.70. The molecule has 0 aromatic rings. The van der Waals surface area contributed by atoms with E-state index in [9.17, 15) is 14.4 Å². The van der Waals surface area contributed by atoms with Crippen LogP contribution in [0.1, 0.15) is 110 Å². The van der Waals surface area contributed by atoms with Crippen molar-refractivity contribution < 1.29 is 14.4 Å². The molecule has 0 bridgehead atoms. The number of rotatable bonds is 5. The van der Waals surface area contributed by atoms with Gasteiger partial charge in [0.25, 0.3) is 0 Å². The summed E-state index contributed by atoms with van der Waals surface area (Å²) >= 11 is 0. The number of isocyanates is 3. The number of aliphatic imine (C=N–C) groups is 3. The van der Waals surface area contributed by atoms with Crippen LogP contribution in [0.15, 0.2) is 15.0 Å². The Kier molecular flexibility index (Phi) is 9.17. The Morgan fingerprint density at radius 2 is 0.897 bits per heavy atom. The highest BCUT2D eigenvalue weighted by Crippen LogP contribution is 2.44. The van der Waals surface area contributed by atoms with Gasteiger partial charge in [-0.15, -0.1) is 0 Å². The van der Waals surface area contributed by atoms with E-state index >= 15 is 0 Å². The Morgan fingerprint density at radius 1 is 0.552 bits per heavy atom. The maximum atomic E-state index is 10.8. The van der Waals surface area contributed by atoms with E-state index in [0.717, 1.165) is 70.6 Å². The molecule has 29 heavy (non-hydrogen) atoms. The molecule has 160 valence electrons. The predicted molar refractivity (Wildman–Crippen MR) is 112 cm³/mol. The van der Waals surface area contributed by atoms with E-state index in [1.165, 1.54) is 32.1 Å². The molecule has 0 saturated heterocycles. The van der Waals surface area contributed by atoms with Crippen molar-refractivity contribution in [3.8, 4) is 0 Å². The third-order valence-electron chi connectivity index (χ3n) is 7.04. The van der Waals surface area contributed by atoms with Gasteiger partial charge in [0.2, 0.25) is 18.2 Å². The summed E-state index contributed by atoms with van der Waals surface area (Å²) in [5.74, 6) is 0. The quantitative estimate of drug-likeness (QED) is 0.450. The Balaban J connectivity index is 0.000000253. The highest BCUT2D eigenvalue weighted by atomic mass is 16.1. The molecule has 3 fully saturated rings. The van der Waals surface area contributed by atoms with Gasteiger partial charge in [0, 0.05) is 0 Å². The average molecular weight is 402 g/mol. The van der Waals surface area contributed by atoms with Crippen molar-refractivity contribution in [1.82, 2.24) is 0 Å². The van der Waals surface area contributed by atoms with Gasteiger partial charge in [0.05, 0.1) is 16.6 Å². The van der Waals surface area contributed by atoms with Gasteiger partial charge < -0.3 is 0 Å². The van der Waals surface area contributed by atoms with E-state index in [0.29, 0.717) is 0 Å². The number of hydrogen-bond acceptors (Lipinski definition) is 6. The van der Waals surface area contributed by atoms with Gasteiger partial charge in [-0.25, -0.2) is 14.4 Å². The second kappa shape index (κ2) is 11.4. The van der Waals surface area contributed by atoms with Crippen molar-refractivity contribution >= 4 is 18.2 Å². The fourth-order valence-electron chi connectivity index (χ4n) is 5.42. The number of nitrogens with zero attached hydrogens (tertiary/aromatic N) is 3. The topological polar surface area (TPSA) is 88.3 Å². The zero-order valence-corrected chi connectivity index (χ0v) is 17.9. The van der Waals surface area contributed by atoms with Crippen LogP contribution in [0.5, 0.6) is 0 Å². The molecule has 0 radical (unpaired) electrons. The fraction of sp³-hybridized carbons (Fsp3) is 0.870. The van der Waals surface area contributed by atoms with Gasteiger partial charge in [-0.3, -0.25) is 0 Å². The second-order valence-electron chi connectivity index (χ2n) is 9.41. The standard InChI is InChI=1S/C15H22N2O2.C8H13NO/c18-12-16-14(7-3-1-4-8-14)11-15(17-13-19)9-5-2-6-10-15;1-8(9-7-10)5-3-2-4-6-8/h1-11H2;2-6H2,1H3. The molecule has 3 saturated carbocycles. The molecular weight excluding hydrogens is 366 g/mol. The fourth-order valence-corrected chi connectivity index (χ4v) is 5.42. The first-order valence-electron chi connectivity index (χ1n) is 11.3. The van der Waals surface area contributed by atoms with Crippen molar-refractivity contribution in [2.24, 2.45) is 15.0 Å². The summed E-state index contributed by atoms with van der Waals surface area (Å²) in [5.41, 5.74) is -0.713. The van der Waals surface area contributed by atoms with Gasteiger partial charge in [0.1, 0.15) is 0 Å². The van der Waals surface area contributed by atoms with Crippen LogP contribution in [0.25, 0.3) is 0 Å². The van der Waals surface area contributed by atoms with E-state index < -0.39 is 0 Å².